The first-order valence-electron chi connectivity index (χ1n) is 7.45. The van der Waals surface area contributed by atoms with Crippen molar-refractivity contribution in [2.45, 2.75) is 25.7 Å². The van der Waals surface area contributed by atoms with Gasteiger partial charge in [-0.15, -0.1) is 0 Å². The van der Waals surface area contributed by atoms with Crippen LogP contribution in [-0.2, 0) is 12.8 Å². The summed E-state index contributed by atoms with van der Waals surface area (Å²) in [6.07, 6.45) is 5.49. The van der Waals surface area contributed by atoms with Crippen LogP contribution in [0.1, 0.15) is 40.2 Å². The molecule has 0 saturated heterocycles. The molecule has 1 aliphatic carbocycles. The van der Waals surface area contributed by atoms with E-state index in [1.165, 1.54) is 19.4 Å². The molecule has 23 heavy (non-hydrogen) atoms. The van der Waals surface area contributed by atoms with Crippen molar-refractivity contribution >= 4 is 12.1 Å². The highest BCUT2D eigenvalue weighted by Gasteiger charge is 2.21. The number of amides is 1. The molecule has 0 atom stereocenters. The van der Waals surface area contributed by atoms with Crippen LogP contribution < -0.4 is 10.2 Å². The topological polar surface area (TPSA) is 99.6 Å². The van der Waals surface area contributed by atoms with E-state index in [9.17, 15) is 9.90 Å². The second-order valence-electron chi connectivity index (χ2n) is 5.37. The fraction of sp³-hybridized carbons (Fsp3) is 0.312. The Bertz CT molecular complexity index is 752. The molecule has 0 spiro atoms. The van der Waals surface area contributed by atoms with Crippen molar-refractivity contribution in [2.75, 3.05) is 7.11 Å². The first kappa shape index (κ1) is 15.1. The van der Waals surface area contributed by atoms with Crippen molar-refractivity contribution < 1.29 is 14.6 Å². The summed E-state index contributed by atoms with van der Waals surface area (Å²) in [6, 6.07) is 4.80. The molecule has 0 bridgehead atoms. The quantitative estimate of drug-likeness (QED) is 0.591. The molecule has 1 aromatic heterocycles. The van der Waals surface area contributed by atoms with Crippen LogP contribution in [0.15, 0.2) is 23.3 Å². The van der Waals surface area contributed by atoms with E-state index in [-0.39, 0.29) is 11.7 Å². The number of carbonyl (C=O) groups excluding carboxylic acids is 1. The molecule has 1 aliphatic rings. The van der Waals surface area contributed by atoms with Gasteiger partial charge in [-0.3, -0.25) is 9.89 Å². The predicted molar refractivity (Wildman–Crippen MR) is 84.9 cm³/mol. The van der Waals surface area contributed by atoms with Gasteiger partial charge in [-0.1, -0.05) is 0 Å². The van der Waals surface area contributed by atoms with Crippen molar-refractivity contribution in [2.24, 2.45) is 5.10 Å². The zero-order chi connectivity index (χ0) is 16.2. The van der Waals surface area contributed by atoms with Gasteiger partial charge in [-0.2, -0.15) is 10.2 Å². The number of phenolic OH excluding ortho intramolecular Hbond substituents is 1. The van der Waals surface area contributed by atoms with E-state index in [1.807, 2.05) is 0 Å². The molecule has 0 fully saturated rings. The molecule has 1 amide bonds. The van der Waals surface area contributed by atoms with Gasteiger partial charge in [0, 0.05) is 11.3 Å². The molecular formula is C16H18N4O3. The Kier molecular flexibility index (Phi) is 4.27. The lowest BCUT2D eigenvalue weighted by molar-refractivity contribution is 0.0949. The van der Waals surface area contributed by atoms with Crippen LogP contribution >= 0.6 is 0 Å². The van der Waals surface area contributed by atoms with Gasteiger partial charge in [0.15, 0.2) is 17.2 Å². The van der Waals surface area contributed by atoms with Crippen LogP contribution in [0, 0.1) is 0 Å². The van der Waals surface area contributed by atoms with Gasteiger partial charge in [0.1, 0.15) is 0 Å². The molecule has 0 saturated carbocycles. The molecule has 1 heterocycles. The number of ether oxygens (including phenoxy) is 1. The number of benzene rings is 1. The highest BCUT2D eigenvalue weighted by molar-refractivity contribution is 5.94. The number of fused-ring (bicyclic) bond motifs is 1. The molecule has 2 aromatic rings. The average Bonchev–Trinajstić information content (AvgIpc) is 3.00. The molecule has 120 valence electrons. The van der Waals surface area contributed by atoms with Crippen molar-refractivity contribution in [3.05, 3.63) is 40.7 Å². The summed E-state index contributed by atoms with van der Waals surface area (Å²) in [5.74, 6) is 0.0740. The number of rotatable bonds is 4. The number of hydrogen-bond acceptors (Lipinski definition) is 5. The summed E-state index contributed by atoms with van der Waals surface area (Å²) in [6.45, 7) is 0. The van der Waals surface area contributed by atoms with Crippen molar-refractivity contribution in [3.8, 4) is 11.5 Å². The van der Waals surface area contributed by atoms with Gasteiger partial charge in [-0.05, 0) is 49.4 Å². The number of hydrogen-bond donors (Lipinski definition) is 3. The van der Waals surface area contributed by atoms with Crippen LogP contribution in [0.4, 0.5) is 0 Å². The van der Waals surface area contributed by atoms with Crippen molar-refractivity contribution in [3.63, 3.8) is 0 Å². The van der Waals surface area contributed by atoms with Gasteiger partial charge in [0.05, 0.1) is 13.3 Å². The summed E-state index contributed by atoms with van der Waals surface area (Å²) in [7, 11) is 1.47. The van der Waals surface area contributed by atoms with Crippen LogP contribution in [0.2, 0.25) is 0 Å². The van der Waals surface area contributed by atoms with Crippen molar-refractivity contribution in [1.29, 1.82) is 0 Å². The number of nitrogens with one attached hydrogen (secondary N) is 2. The van der Waals surface area contributed by atoms with Crippen LogP contribution in [0.25, 0.3) is 0 Å². The van der Waals surface area contributed by atoms with E-state index in [2.05, 4.69) is 20.7 Å². The minimum atomic E-state index is -0.327. The lowest BCUT2D eigenvalue weighted by atomic mass is 9.96. The Labute approximate surface area is 133 Å². The van der Waals surface area contributed by atoms with Gasteiger partial charge in [-0.25, -0.2) is 5.43 Å². The summed E-state index contributed by atoms with van der Waals surface area (Å²) in [5.41, 5.74) is 5.64. The molecule has 7 heteroatoms. The molecule has 3 rings (SSSR count). The second kappa shape index (κ2) is 6.51. The maximum atomic E-state index is 12.2. The Balaban J connectivity index is 1.68. The van der Waals surface area contributed by atoms with Gasteiger partial charge in [0.25, 0.3) is 5.91 Å². The van der Waals surface area contributed by atoms with Crippen LogP contribution in [0.5, 0.6) is 11.5 Å². The molecule has 0 radical (unpaired) electrons. The van der Waals surface area contributed by atoms with Gasteiger partial charge >= 0.3 is 0 Å². The maximum Gasteiger partial charge on any atom is 0.292 e. The number of H-pyrrole nitrogens is 1. The highest BCUT2D eigenvalue weighted by Crippen LogP contribution is 2.25. The minimum absolute atomic E-state index is 0.0526. The fourth-order valence-electron chi connectivity index (χ4n) is 2.66. The number of nitrogens with zero attached hydrogens (tertiary/aromatic N) is 2. The zero-order valence-corrected chi connectivity index (χ0v) is 12.8. The molecule has 0 aliphatic heterocycles. The standard InChI is InChI=1S/C16H18N4O3/c1-23-14-8-10(6-7-13(14)21)9-17-20-16(22)15-11-4-2-3-5-12(11)18-19-15/h6-9,21H,2-5H2,1H3,(H,18,19)(H,20,22)/b17-9+. The van der Waals surface area contributed by atoms with E-state index >= 15 is 0 Å². The van der Waals surface area contributed by atoms with Gasteiger partial charge < -0.3 is 9.84 Å². The third-order valence-electron chi connectivity index (χ3n) is 3.85. The third kappa shape index (κ3) is 3.18. The summed E-state index contributed by atoms with van der Waals surface area (Å²) in [5, 5.41) is 20.5. The van der Waals surface area contributed by atoms with E-state index in [4.69, 9.17) is 4.74 Å². The van der Waals surface area contributed by atoms with E-state index in [1.54, 1.807) is 12.1 Å². The SMILES string of the molecule is COc1cc(/C=N/NC(=O)c2n[nH]c3c2CCCC3)ccc1O. The first-order chi connectivity index (χ1) is 11.2. The summed E-state index contributed by atoms with van der Waals surface area (Å²) >= 11 is 0. The molecular weight excluding hydrogens is 296 g/mol. The number of carbonyl (C=O) groups is 1. The molecule has 0 unspecified atom stereocenters. The van der Waals surface area contributed by atoms with E-state index < -0.39 is 0 Å². The third-order valence-corrected chi connectivity index (χ3v) is 3.85. The second-order valence-corrected chi connectivity index (χ2v) is 5.37. The smallest absolute Gasteiger partial charge is 0.292 e. The minimum Gasteiger partial charge on any atom is -0.504 e. The number of aromatic nitrogens is 2. The molecule has 7 nitrogen and oxygen atoms in total. The Hall–Kier alpha value is -2.83. The summed E-state index contributed by atoms with van der Waals surface area (Å²) in [4.78, 5) is 12.2. The van der Waals surface area contributed by atoms with Crippen LogP contribution in [0.3, 0.4) is 0 Å². The highest BCUT2D eigenvalue weighted by atomic mass is 16.5. The Morgan fingerprint density at radius 3 is 3.09 bits per heavy atom. The Morgan fingerprint density at radius 2 is 2.26 bits per heavy atom. The number of methoxy groups -OCH3 is 1. The number of aromatic amines is 1. The lowest BCUT2D eigenvalue weighted by Gasteiger charge is -2.10. The van der Waals surface area contributed by atoms with Gasteiger partial charge in [0.2, 0.25) is 0 Å². The van der Waals surface area contributed by atoms with E-state index in [0.29, 0.717) is 17.0 Å². The number of aromatic hydroxyl groups is 1. The fourth-order valence-corrected chi connectivity index (χ4v) is 2.66. The number of aryl methyl sites for hydroxylation is 1. The lowest BCUT2D eigenvalue weighted by Crippen LogP contribution is -2.20. The maximum absolute atomic E-state index is 12.2. The largest absolute Gasteiger partial charge is 0.504 e. The normalized spacial score (nSPS) is 13.8. The average molecular weight is 314 g/mol. The van der Waals surface area contributed by atoms with E-state index in [0.717, 1.165) is 36.9 Å². The molecule has 1 aromatic carbocycles. The predicted octanol–water partition coefficient (Wildman–Crippen LogP) is 1.77. The van der Waals surface area contributed by atoms with Crippen LogP contribution in [-0.4, -0.2) is 34.5 Å². The zero-order valence-electron chi connectivity index (χ0n) is 12.8. The molecule has 3 N–H and O–H groups in total. The Morgan fingerprint density at radius 1 is 1.43 bits per heavy atom. The first-order valence-corrected chi connectivity index (χ1v) is 7.45. The number of hydrazone groups is 1. The number of phenols is 1. The van der Waals surface area contributed by atoms with Crippen molar-refractivity contribution in [1.82, 2.24) is 15.6 Å². The monoisotopic (exact) mass is 314 g/mol. The summed E-state index contributed by atoms with van der Waals surface area (Å²) < 4.78 is 5.02.